The molecule has 0 saturated carbocycles. The first-order valence-electron chi connectivity index (χ1n) is 8.57. The van der Waals surface area contributed by atoms with Gasteiger partial charge in [0.2, 0.25) is 5.91 Å². The molecular formula is C18H23N3O4. The van der Waals surface area contributed by atoms with Crippen LogP contribution in [0.1, 0.15) is 25.8 Å². The smallest absolute Gasteiger partial charge is 0.318 e. The highest BCUT2D eigenvalue weighted by atomic mass is 16.4. The van der Waals surface area contributed by atoms with Crippen LogP contribution in [-0.2, 0) is 16.0 Å². The zero-order valence-electron chi connectivity index (χ0n) is 14.4. The van der Waals surface area contributed by atoms with Gasteiger partial charge in [-0.15, -0.1) is 0 Å². The molecule has 2 heterocycles. The standard InChI is InChI=1S/C18H23N3O4/c1-11-9-13-5-3-4-6-15(13)21(11)16(22)12(2)19-18(25)20-8-7-14(10-20)17(23)24/h3-6,11-12,14H,7-10H2,1-2H3,(H,19,25)(H,23,24). The van der Waals surface area contributed by atoms with E-state index in [2.05, 4.69) is 5.32 Å². The number of para-hydroxylation sites is 1. The van der Waals surface area contributed by atoms with Crippen LogP contribution in [0, 0.1) is 5.92 Å². The Hall–Kier alpha value is -2.57. The molecule has 1 saturated heterocycles. The van der Waals surface area contributed by atoms with Crippen molar-refractivity contribution < 1.29 is 19.5 Å². The third kappa shape index (κ3) is 3.31. The fraction of sp³-hybridized carbons (Fsp3) is 0.500. The number of hydrogen-bond acceptors (Lipinski definition) is 3. The lowest BCUT2D eigenvalue weighted by atomic mass is 10.1. The van der Waals surface area contributed by atoms with E-state index in [1.807, 2.05) is 31.2 Å². The summed E-state index contributed by atoms with van der Waals surface area (Å²) in [4.78, 5) is 39.4. The maximum atomic E-state index is 12.8. The summed E-state index contributed by atoms with van der Waals surface area (Å²) < 4.78 is 0. The number of hydrogen-bond donors (Lipinski definition) is 2. The van der Waals surface area contributed by atoms with Crippen LogP contribution in [0.15, 0.2) is 24.3 Å². The molecule has 2 N–H and O–H groups in total. The second kappa shape index (κ2) is 6.74. The van der Waals surface area contributed by atoms with Crippen LogP contribution in [0.4, 0.5) is 10.5 Å². The summed E-state index contributed by atoms with van der Waals surface area (Å²) in [5.74, 6) is -1.57. The van der Waals surface area contributed by atoms with Crippen molar-refractivity contribution in [3.63, 3.8) is 0 Å². The third-order valence-corrected chi connectivity index (χ3v) is 4.98. The van der Waals surface area contributed by atoms with Crippen LogP contribution in [-0.4, -0.2) is 53.1 Å². The largest absolute Gasteiger partial charge is 0.481 e. The van der Waals surface area contributed by atoms with Gasteiger partial charge in [0.1, 0.15) is 6.04 Å². The van der Waals surface area contributed by atoms with Gasteiger partial charge in [-0.3, -0.25) is 9.59 Å². The molecule has 25 heavy (non-hydrogen) atoms. The number of anilines is 1. The van der Waals surface area contributed by atoms with Crippen molar-refractivity contribution in [1.29, 1.82) is 0 Å². The van der Waals surface area contributed by atoms with Gasteiger partial charge >= 0.3 is 12.0 Å². The van der Waals surface area contributed by atoms with E-state index in [-0.39, 0.29) is 24.5 Å². The van der Waals surface area contributed by atoms with Crippen LogP contribution in [0.5, 0.6) is 0 Å². The van der Waals surface area contributed by atoms with Gasteiger partial charge in [-0.2, -0.15) is 0 Å². The number of aliphatic carboxylic acids is 1. The zero-order valence-corrected chi connectivity index (χ0v) is 14.4. The molecule has 3 amide bonds. The Balaban J connectivity index is 1.64. The second-order valence-electron chi connectivity index (χ2n) is 6.83. The van der Waals surface area contributed by atoms with Gasteiger partial charge < -0.3 is 20.2 Å². The predicted octanol–water partition coefficient (Wildman–Crippen LogP) is 1.47. The van der Waals surface area contributed by atoms with Gasteiger partial charge in [-0.05, 0) is 38.3 Å². The number of benzene rings is 1. The van der Waals surface area contributed by atoms with Crippen molar-refractivity contribution in [3.05, 3.63) is 29.8 Å². The number of carbonyl (C=O) groups is 3. The van der Waals surface area contributed by atoms with Gasteiger partial charge in [0.05, 0.1) is 5.92 Å². The highest BCUT2D eigenvalue weighted by Gasteiger charge is 2.35. The summed E-state index contributed by atoms with van der Waals surface area (Å²) in [5.41, 5.74) is 2.03. The lowest BCUT2D eigenvalue weighted by Gasteiger charge is -2.27. The van der Waals surface area contributed by atoms with Crippen LogP contribution in [0.3, 0.4) is 0 Å². The van der Waals surface area contributed by atoms with Crippen molar-refractivity contribution in [2.45, 2.75) is 38.8 Å². The summed E-state index contributed by atoms with van der Waals surface area (Å²) in [5, 5.41) is 11.7. The molecule has 1 aromatic carbocycles. The molecule has 3 rings (SSSR count). The third-order valence-electron chi connectivity index (χ3n) is 4.98. The van der Waals surface area contributed by atoms with Gasteiger partial charge in [0.15, 0.2) is 0 Å². The number of carboxylic acids is 1. The highest BCUT2D eigenvalue weighted by molar-refractivity contribution is 6.01. The lowest BCUT2D eigenvalue weighted by molar-refractivity contribution is -0.141. The van der Waals surface area contributed by atoms with Crippen molar-refractivity contribution in [2.75, 3.05) is 18.0 Å². The Bertz CT molecular complexity index is 705. The molecule has 3 unspecified atom stereocenters. The van der Waals surface area contributed by atoms with Gasteiger partial charge in [0.25, 0.3) is 0 Å². The predicted molar refractivity (Wildman–Crippen MR) is 92.4 cm³/mol. The van der Waals surface area contributed by atoms with Gasteiger partial charge in [-0.25, -0.2) is 4.79 Å². The van der Waals surface area contributed by atoms with Crippen LogP contribution in [0.25, 0.3) is 0 Å². The molecular weight excluding hydrogens is 322 g/mol. The monoisotopic (exact) mass is 345 g/mol. The van der Waals surface area contributed by atoms with E-state index in [1.54, 1.807) is 11.8 Å². The van der Waals surface area contributed by atoms with Crippen LogP contribution >= 0.6 is 0 Å². The molecule has 2 aliphatic heterocycles. The number of carbonyl (C=O) groups excluding carboxylic acids is 2. The lowest BCUT2D eigenvalue weighted by Crippen LogP contribution is -2.52. The number of carboxylic acid groups (broad SMARTS) is 1. The highest BCUT2D eigenvalue weighted by Crippen LogP contribution is 2.32. The van der Waals surface area contributed by atoms with Crippen molar-refractivity contribution >= 4 is 23.6 Å². The molecule has 0 aromatic heterocycles. The van der Waals surface area contributed by atoms with Gasteiger partial charge in [-0.1, -0.05) is 18.2 Å². The average Bonchev–Trinajstić information content (AvgIpc) is 3.18. The molecule has 1 fully saturated rings. The molecule has 0 aliphatic carbocycles. The quantitative estimate of drug-likeness (QED) is 0.868. The number of nitrogens with zero attached hydrogens (tertiary/aromatic N) is 2. The van der Waals surface area contributed by atoms with Gasteiger partial charge in [0, 0.05) is 24.8 Å². The topological polar surface area (TPSA) is 90.0 Å². The Morgan fingerprint density at radius 1 is 1.28 bits per heavy atom. The maximum Gasteiger partial charge on any atom is 0.318 e. The Morgan fingerprint density at radius 3 is 2.68 bits per heavy atom. The molecule has 3 atom stereocenters. The number of nitrogens with one attached hydrogen (secondary N) is 1. The number of urea groups is 1. The molecule has 2 aliphatic rings. The summed E-state index contributed by atoms with van der Waals surface area (Å²) in [6.45, 7) is 4.24. The normalized spacial score (nSPS) is 23.3. The summed E-state index contributed by atoms with van der Waals surface area (Å²) >= 11 is 0. The second-order valence-corrected chi connectivity index (χ2v) is 6.83. The Labute approximate surface area is 146 Å². The number of amides is 3. The molecule has 134 valence electrons. The van der Waals surface area contributed by atoms with Crippen LogP contribution in [0.2, 0.25) is 0 Å². The Morgan fingerprint density at radius 2 is 2.00 bits per heavy atom. The summed E-state index contributed by atoms with van der Waals surface area (Å²) in [7, 11) is 0. The van der Waals surface area contributed by atoms with E-state index in [9.17, 15) is 14.4 Å². The molecule has 1 aromatic rings. The van der Waals surface area contributed by atoms with Crippen molar-refractivity contribution in [1.82, 2.24) is 10.2 Å². The van der Waals surface area contributed by atoms with Crippen LogP contribution < -0.4 is 10.2 Å². The number of rotatable bonds is 3. The van der Waals surface area contributed by atoms with Crippen molar-refractivity contribution in [2.24, 2.45) is 5.92 Å². The molecule has 0 bridgehead atoms. The van der Waals surface area contributed by atoms with E-state index >= 15 is 0 Å². The first-order valence-corrected chi connectivity index (χ1v) is 8.57. The molecule has 7 nitrogen and oxygen atoms in total. The van der Waals surface area contributed by atoms with E-state index in [4.69, 9.17) is 5.11 Å². The first-order chi connectivity index (χ1) is 11.9. The SMILES string of the molecule is CC(NC(=O)N1CCC(C(=O)O)C1)C(=O)N1c2ccccc2CC1C. The van der Waals surface area contributed by atoms with Crippen molar-refractivity contribution in [3.8, 4) is 0 Å². The molecule has 0 spiro atoms. The van der Waals surface area contributed by atoms with E-state index in [0.29, 0.717) is 13.0 Å². The minimum atomic E-state index is -0.887. The summed E-state index contributed by atoms with van der Waals surface area (Å²) in [6.07, 6.45) is 1.25. The molecule has 0 radical (unpaired) electrons. The van der Waals surface area contributed by atoms with E-state index in [1.165, 1.54) is 4.90 Å². The average molecular weight is 345 g/mol. The summed E-state index contributed by atoms with van der Waals surface area (Å²) in [6, 6.07) is 6.78. The van der Waals surface area contributed by atoms with E-state index in [0.717, 1.165) is 17.7 Å². The first kappa shape index (κ1) is 17.3. The fourth-order valence-corrected chi connectivity index (χ4v) is 3.59. The fourth-order valence-electron chi connectivity index (χ4n) is 3.59. The minimum absolute atomic E-state index is 0.0485. The number of likely N-dealkylation sites (tertiary alicyclic amines) is 1. The zero-order chi connectivity index (χ0) is 18.1. The van der Waals surface area contributed by atoms with E-state index < -0.39 is 17.9 Å². The number of fused-ring (bicyclic) bond motifs is 1. The minimum Gasteiger partial charge on any atom is -0.481 e. The Kier molecular flexibility index (Phi) is 4.65. The maximum absolute atomic E-state index is 12.8. The molecule has 7 heteroatoms.